The Hall–Kier alpha value is -4.79. The smallest absolute Gasteiger partial charge is 0.487 e. The van der Waals surface area contributed by atoms with Crippen molar-refractivity contribution in [1.82, 2.24) is 0 Å². The summed E-state index contributed by atoms with van der Waals surface area (Å²) in [4.78, 5) is 27.2. The molecule has 0 heterocycles. The number of methoxy groups -OCH3 is 1. The van der Waals surface area contributed by atoms with Crippen molar-refractivity contribution in [3.63, 3.8) is 0 Å². The Kier molecular flexibility index (Phi) is 10.7. The molecule has 230 valence electrons. The van der Waals surface area contributed by atoms with Crippen molar-refractivity contribution in [2.75, 3.05) is 18.6 Å². The van der Waals surface area contributed by atoms with E-state index in [1.165, 1.54) is 29.2 Å². The van der Waals surface area contributed by atoms with Gasteiger partial charge in [0.2, 0.25) is 0 Å². The fourth-order valence-corrected chi connectivity index (χ4v) is 4.97. The van der Waals surface area contributed by atoms with Crippen LogP contribution >= 0.6 is 0 Å². The summed E-state index contributed by atoms with van der Waals surface area (Å²) in [5, 5.41) is 0. The molecule has 0 N–H and O–H groups in total. The first-order valence-corrected chi connectivity index (χ1v) is 14.2. The van der Waals surface area contributed by atoms with Crippen LogP contribution in [0.25, 0.3) is 11.1 Å². The van der Waals surface area contributed by atoms with Crippen molar-refractivity contribution in [3.05, 3.63) is 113 Å². The van der Waals surface area contributed by atoms with Gasteiger partial charge in [-0.1, -0.05) is 77.9 Å². The number of unbranched alkanes of at least 4 members (excludes halogenated alkanes) is 1. The number of anilines is 1. The number of carbonyl (C=O) groups is 2. The van der Waals surface area contributed by atoms with Gasteiger partial charge in [-0.3, -0.25) is 9.69 Å². The topological polar surface area (TPSA) is 65.1 Å². The highest BCUT2D eigenvalue weighted by Crippen LogP contribution is 2.36. The van der Waals surface area contributed by atoms with E-state index < -0.39 is 18.2 Å². The van der Waals surface area contributed by atoms with Crippen molar-refractivity contribution in [3.8, 4) is 22.6 Å². The lowest BCUT2D eigenvalue weighted by molar-refractivity contribution is -0.274. The van der Waals surface area contributed by atoms with Gasteiger partial charge in [0.25, 0.3) is 0 Å². The summed E-state index contributed by atoms with van der Waals surface area (Å²) in [5.41, 5.74) is 5.79. The second-order valence-corrected chi connectivity index (χ2v) is 10.4. The monoisotopic (exact) mass is 605 g/mol. The van der Waals surface area contributed by atoms with Crippen LogP contribution in [0.1, 0.15) is 35.1 Å². The molecule has 0 aliphatic heterocycles. The van der Waals surface area contributed by atoms with Crippen LogP contribution < -0.4 is 14.4 Å². The highest BCUT2D eigenvalue weighted by Gasteiger charge is 2.31. The summed E-state index contributed by atoms with van der Waals surface area (Å²) in [7, 11) is 1.15. The quantitative estimate of drug-likeness (QED) is 0.0986. The number of esters is 1. The Morgan fingerprint density at radius 1 is 0.773 bits per heavy atom. The van der Waals surface area contributed by atoms with Crippen LogP contribution in [0.3, 0.4) is 0 Å². The minimum absolute atomic E-state index is 0.211. The van der Waals surface area contributed by atoms with E-state index in [0.717, 1.165) is 42.2 Å². The number of hydrogen-bond donors (Lipinski definition) is 0. The maximum atomic E-state index is 13.4. The molecule has 0 fully saturated rings. The number of carbonyl (C=O) groups excluding carboxylic acids is 2. The fourth-order valence-electron chi connectivity index (χ4n) is 4.97. The molecule has 0 atom stereocenters. The van der Waals surface area contributed by atoms with Gasteiger partial charge in [0.1, 0.15) is 18.1 Å². The first-order chi connectivity index (χ1) is 21.0. The number of benzene rings is 4. The predicted molar refractivity (Wildman–Crippen MR) is 163 cm³/mol. The zero-order valence-corrected chi connectivity index (χ0v) is 24.8. The van der Waals surface area contributed by atoms with Gasteiger partial charge in [0.05, 0.1) is 12.8 Å². The number of nitrogens with zero attached hydrogens (tertiary/aromatic N) is 1. The third-order valence-corrected chi connectivity index (χ3v) is 6.89. The Morgan fingerprint density at radius 3 is 2.07 bits per heavy atom. The lowest BCUT2D eigenvalue weighted by atomic mass is 10.0. The molecule has 0 bridgehead atoms. The molecule has 0 spiro atoms. The van der Waals surface area contributed by atoms with Gasteiger partial charge in [-0.15, -0.1) is 13.2 Å². The average Bonchev–Trinajstić information content (AvgIpc) is 2.99. The maximum Gasteiger partial charge on any atom is 0.573 e. The number of hydrogen-bond acceptors (Lipinski definition) is 5. The molecule has 1 amide bonds. The lowest BCUT2D eigenvalue weighted by Gasteiger charge is -2.25. The van der Waals surface area contributed by atoms with E-state index in [1.807, 2.05) is 56.3 Å². The molecule has 6 nitrogen and oxygen atoms in total. The van der Waals surface area contributed by atoms with Gasteiger partial charge in [-0.25, -0.2) is 4.79 Å². The van der Waals surface area contributed by atoms with Crippen molar-refractivity contribution < 1.29 is 37.0 Å². The summed E-state index contributed by atoms with van der Waals surface area (Å²) < 4.78 is 53.0. The summed E-state index contributed by atoms with van der Waals surface area (Å²) in [5.74, 6) is -1.86. The lowest BCUT2D eigenvalue weighted by Crippen LogP contribution is -2.38. The van der Waals surface area contributed by atoms with Gasteiger partial charge in [-0.05, 0) is 79.6 Å². The van der Waals surface area contributed by atoms with Gasteiger partial charge in [0, 0.05) is 6.54 Å². The molecule has 4 rings (SSSR count). The first kappa shape index (κ1) is 32.1. The van der Waals surface area contributed by atoms with E-state index in [1.54, 1.807) is 18.2 Å². The zero-order valence-electron chi connectivity index (χ0n) is 24.8. The average molecular weight is 606 g/mol. The van der Waals surface area contributed by atoms with Crippen molar-refractivity contribution in [1.29, 1.82) is 0 Å². The van der Waals surface area contributed by atoms with E-state index in [-0.39, 0.29) is 18.9 Å². The number of ether oxygens (including phenoxy) is 3. The van der Waals surface area contributed by atoms with Gasteiger partial charge in [-0.2, -0.15) is 0 Å². The van der Waals surface area contributed by atoms with Crippen molar-refractivity contribution in [2.24, 2.45) is 0 Å². The molecular weight excluding hydrogens is 571 g/mol. The van der Waals surface area contributed by atoms with Crippen LogP contribution in [-0.4, -0.2) is 31.9 Å². The molecule has 0 radical (unpaired) electrons. The number of aryl methyl sites for hydroxylation is 3. The van der Waals surface area contributed by atoms with Gasteiger partial charge >= 0.3 is 18.2 Å². The minimum atomic E-state index is -4.81. The highest BCUT2D eigenvalue weighted by atomic mass is 19.4. The molecule has 0 saturated carbocycles. The SMILES string of the molecule is COC(=O)C(=O)N(CCCCc1ccccc1)c1cc(-c2ccc(OC(F)(F)F)cc2)ccc1OCc1cc(C)cc(C)c1. The fraction of sp³-hybridized carbons (Fsp3) is 0.257. The van der Waals surface area contributed by atoms with Crippen LogP contribution in [-0.2, 0) is 27.4 Å². The van der Waals surface area contributed by atoms with Crippen LogP contribution in [0, 0.1) is 13.8 Å². The third kappa shape index (κ3) is 9.10. The molecule has 4 aromatic rings. The molecule has 0 aliphatic rings. The summed E-state index contributed by atoms with van der Waals surface area (Å²) in [6, 6.07) is 26.6. The molecule has 44 heavy (non-hydrogen) atoms. The number of halogens is 3. The van der Waals surface area contributed by atoms with Crippen LogP contribution in [0.5, 0.6) is 11.5 Å². The normalized spacial score (nSPS) is 11.1. The molecule has 0 aromatic heterocycles. The van der Waals surface area contributed by atoms with E-state index in [4.69, 9.17) is 9.47 Å². The first-order valence-electron chi connectivity index (χ1n) is 14.2. The minimum Gasteiger partial charge on any atom is -0.487 e. The Morgan fingerprint density at radius 2 is 1.43 bits per heavy atom. The summed E-state index contributed by atoms with van der Waals surface area (Å²) in [6.07, 6.45) is -2.67. The van der Waals surface area contributed by atoms with Crippen molar-refractivity contribution >= 4 is 17.6 Å². The molecule has 4 aromatic carbocycles. The molecule has 0 saturated heterocycles. The largest absolute Gasteiger partial charge is 0.573 e. The Bertz CT molecular complexity index is 1550. The number of amides is 1. The predicted octanol–water partition coefficient (Wildman–Crippen LogP) is 7.98. The molecule has 0 aliphatic carbocycles. The summed E-state index contributed by atoms with van der Waals surface area (Å²) >= 11 is 0. The third-order valence-electron chi connectivity index (χ3n) is 6.89. The Balaban J connectivity index is 1.67. The van der Waals surface area contributed by atoms with Gasteiger partial charge < -0.3 is 14.2 Å². The number of rotatable bonds is 11. The van der Waals surface area contributed by atoms with E-state index in [0.29, 0.717) is 29.0 Å². The summed E-state index contributed by atoms with van der Waals surface area (Å²) in [6.45, 7) is 4.41. The van der Waals surface area contributed by atoms with Crippen LogP contribution in [0.2, 0.25) is 0 Å². The van der Waals surface area contributed by atoms with E-state index in [9.17, 15) is 22.8 Å². The molecular formula is C35H34F3NO5. The standard InChI is InChI=1S/C35H34F3NO5/c1-24-19-25(2)21-27(20-24)23-43-32-17-14-29(28-12-15-30(16-13-28)44-35(36,37)38)22-31(32)39(33(40)34(41)42-3)18-8-7-11-26-9-5-4-6-10-26/h4-6,9-10,12-17,19-22H,7-8,11,18,23H2,1-3H3. The maximum absolute atomic E-state index is 13.4. The highest BCUT2D eigenvalue weighted by molar-refractivity contribution is 6.38. The van der Waals surface area contributed by atoms with Crippen LogP contribution in [0.15, 0.2) is 91.0 Å². The Labute approximate surface area is 255 Å². The second kappa shape index (κ2) is 14.6. The zero-order chi connectivity index (χ0) is 31.7. The van der Waals surface area contributed by atoms with E-state index >= 15 is 0 Å². The second-order valence-electron chi connectivity index (χ2n) is 10.4. The van der Waals surface area contributed by atoms with Crippen LogP contribution in [0.4, 0.5) is 18.9 Å². The van der Waals surface area contributed by atoms with Gasteiger partial charge in [0.15, 0.2) is 0 Å². The molecule has 9 heteroatoms. The van der Waals surface area contributed by atoms with Crippen molar-refractivity contribution in [2.45, 2.75) is 46.1 Å². The number of alkyl halides is 3. The van der Waals surface area contributed by atoms with E-state index in [2.05, 4.69) is 10.8 Å². The molecule has 0 unspecified atom stereocenters.